The first-order valence-corrected chi connectivity index (χ1v) is 6.74. The summed E-state index contributed by atoms with van der Waals surface area (Å²) in [5, 5.41) is 9.36. The Balaban J connectivity index is 2.23. The van der Waals surface area contributed by atoms with E-state index >= 15 is 0 Å². The van der Waals surface area contributed by atoms with Gasteiger partial charge in [-0.2, -0.15) is 0 Å². The Morgan fingerprint density at radius 2 is 2.05 bits per heavy atom. The first kappa shape index (κ1) is 14.8. The molecule has 0 bridgehead atoms. The van der Waals surface area contributed by atoms with Crippen LogP contribution in [0.15, 0.2) is 40.9 Å². The number of halogens is 3. The lowest BCUT2D eigenvalue weighted by Crippen LogP contribution is -2.04. The van der Waals surface area contributed by atoms with Gasteiger partial charge in [0.1, 0.15) is 23.7 Å². The summed E-state index contributed by atoms with van der Waals surface area (Å²) >= 11 is 8.97. The van der Waals surface area contributed by atoms with Crippen LogP contribution in [0.4, 0.5) is 4.39 Å². The van der Waals surface area contributed by atoms with Crippen LogP contribution in [0, 0.1) is 5.82 Å². The fourth-order valence-electron chi connectivity index (χ4n) is 1.60. The molecule has 0 aliphatic carbocycles. The first-order chi connectivity index (χ1) is 9.47. The smallest absolute Gasteiger partial charge is 0.339 e. The van der Waals surface area contributed by atoms with Crippen LogP contribution in [0.5, 0.6) is 5.75 Å². The molecule has 0 aromatic heterocycles. The van der Waals surface area contributed by atoms with Crippen molar-refractivity contribution < 1.29 is 19.0 Å². The van der Waals surface area contributed by atoms with Crippen molar-refractivity contribution in [1.29, 1.82) is 0 Å². The summed E-state index contributed by atoms with van der Waals surface area (Å²) in [5.74, 6) is -1.43. The Morgan fingerprint density at radius 3 is 2.75 bits per heavy atom. The molecule has 0 fully saturated rings. The predicted octanol–water partition coefficient (Wildman–Crippen LogP) is 4.52. The molecule has 0 saturated carbocycles. The Labute approximate surface area is 128 Å². The fraction of sp³-hybridized carbons (Fsp3) is 0.0714. The maximum atomic E-state index is 13.6. The predicted molar refractivity (Wildman–Crippen MR) is 76.8 cm³/mol. The molecule has 0 heterocycles. The number of benzene rings is 2. The zero-order chi connectivity index (χ0) is 14.7. The topological polar surface area (TPSA) is 46.5 Å². The average molecular weight is 360 g/mol. The number of carboxylic acids is 1. The third kappa shape index (κ3) is 3.49. The second kappa shape index (κ2) is 6.24. The van der Waals surface area contributed by atoms with Crippen LogP contribution >= 0.6 is 27.5 Å². The van der Waals surface area contributed by atoms with Crippen LogP contribution in [0.1, 0.15) is 15.9 Å². The molecule has 6 heteroatoms. The van der Waals surface area contributed by atoms with Gasteiger partial charge in [-0.05, 0) is 36.4 Å². The van der Waals surface area contributed by atoms with Gasteiger partial charge in [0.2, 0.25) is 0 Å². The van der Waals surface area contributed by atoms with E-state index in [0.29, 0.717) is 15.1 Å². The van der Waals surface area contributed by atoms with E-state index in [1.807, 2.05) is 0 Å². The molecule has 0 radical (unpaired) electrons. The van der Waals surface area contributed by atoms with Crippen molar-refractivity contribution in [2.24, 2.45) is 0 Å². The monoisotopic (exact) mass is 358 g/mol. The molecule has 0 spiro atoms. The second-order valence-electron chi connectivity index (χ2n) is 3.97. The number of hydrogen-bond donors (Lipinski definition) is 1. The van der Waals surface area contributed by atoms with Crippen LogP contribution in [0.3, 0.4) is 0 Å². The zero-order valence-electron chi connectivity index (χ0n) is 10.1. The second-order valence-corrected chi connectivity index (χ2v) is 5.32. The minimum absolute atomic E-state index is 0.0621. The molecule has 20 heavy (non-hydrogen) atoms. The molecule has 0 aliphatic rings. The number of carboxylic acid groups (broad SMARTS) is 1. The Morgan fingerprint density at radius 1 is 1.30 bits per heavy atom. The first-order valence-electron chi connectivity index (χ1n) is 5.57. The molecule has 2 aromatic carbocycles. The van der Waals surface area contributed by atoms with Crippen molar-refractivity contribution in [1.82, 2.24) is 0 Å². The lowest BCUT2D eigenvalue weighted by atomic mass is 10.2. The lowest BCUT2D eigenvalue weighted by Gasteiger charge is -2.10. The molecular weight excluding hydrogens is 351 g/mol. The highest BCUT2D eigenvalue weighted by molar-refractivity contribution is 9.10. The van der Waals surface area contributed by atoms with Gasteiger partial charge in [-0.1, -0.05) is 27.5 Å². The molecule has 0 unspecified atom stereocenters. The SMILES string of the molecule is O=C(O)c1cc(Cl)ccc1OCc1cc(Br)ccc1F. The molecule has 0 atom stereocenters. The summed E-state index contributed by atoms with van der Waals surface area (Å²) in [6.45, 7) is -0.0762. The van der Waals surface area contributed by atoms with E-state index in [0.717, 1.165) is 0 Å². The van der Waals surface area contributed by atoms with Crippen LogP contribution < -0.4 is 4.74 Å². The fourth-order valence-corrected chi connectivity index (χ4v) is 2.19. The van der Waals surface area contributed by atoms with Crippen molar-refractivity contribution in [2.75, 3.05) is 0 Å². The van der Waals surface area contributed by atoms with E-state index in [1.54, 1.807) is 12.1 Å². The molecule has 0 aliphatic heterocycles. The molecule has 3 nitrogen and oxygen atoms in total. The highest BCUT2D eigenvalue weighted by Gasteiger charge is 2.13. The summed E-state index contributed by atoms with van der Waals surface area (Å²) in [5.41, 5.74) is 0.263. The largest absolute Gasteiger partial charge is 0.488 e. The molecule has 104 valence electrons. The van der Waals surface area contributed by atoms with Crippen molar-refractivity contribution in [3.63, 3.8) is 0 Å². The van der Waals surface area contributed by atoms with Crippen molar-refractivity contribution in [3.05, 3.63) is 62.8 Å². The van der Waals surface area contributed by atoms with Gasteiger partial charge in [0.15, 0.2) is 0 Å². The molecule has 0 saturated heterocycles. The van der Waals surface area contributed by atoms with Crippen LogP contribution in [-0.4, -0.2) is 11.1 Å². The highest BCUT2D eigenvalue weighted by Crippen LogP contribution is 2.25. The molecule has 1 N–H and O–H groups in total. The third-order valence-electron chi connectivity index (χ3n) is 2.56. The number of aromatic carboxylic acids is 1. The zero-order valence-corrected chi connectivity index (χ0v) is 12.4. The Bertz CT molecular complexity index is 661. The number of ether oxygens (including phenoxy) is 1. The van der Waals surface area contributed by atoms with Gasteiger partial charge in [0, 0.05) is 15.1 Å². The van der Waals surface area contributed by atoms with E-state index < -0.39 is 11.8 Å². The van der Waals surface area contributed by atoms with Gasteiger partial charge in [-0.25, -0.2) is 9.18 Å². The van der Waals surface area contributed by atoms with Crippen LogP contribution in [-0.2, 0) is 6.61 Å². The summed E-state index contributed by atoms with van der Waals surface area (Å²) < 4.78 is 19.6. The summed E-state index contributed by atoms with van der Waals surface area (Å²) in [4.78, 5) is 11.1. The van der Waals surface area contributed by atoms with E-state index in [2.05, 4.69) is 15.9 Å². The van der Waals surface area contributed by atoms with E-state index in [-0.39, 0.29) is 17.9 Å². The van der Waals surface area contributed by atoms with Gasteiger partial charge in [-0.3, -0.25) is 0 Å². The number of carbonyl (C=O) groups is 1. The van der Waals surface area contributed by atoms with Crippen molar-refractivity contribution >= 4 is 33.5 Å². The van der Waals surface area contributed by atoms with Crippen molar-refractivity contribution in [2.45, 2.75) is 6.61 Å². The van der Waals surface area contributed by atoms with Crippen molar-refractivity contribution in [3.8, 4) is 5.75 Å². The van der Waals surface area contributed by atoms with Gasteiger partial charge in [0.05, 0.1) is 0 Å². The number of rotatable bonds is 4. The summed E-state index contributed by atoms with van der Waals surface area (Å²) in [6.07, 6.45) is 0. The summed E-state index contributed by atoms with van der Waals surface area (Å²) in [7, 11) is 0. The Kier molecular flexibility index (Phi) is 4.62. The molecular formula is C14H9BrClFO3. The van der Waals surface area contributed by atoms with Crippen LogP contribution in [0.2, 0.25) is 5.02 Å². The maximum Gasteiger partial charge on any atom is 0.339 e. The van der Waals surface area contributed by atoms with Crippen LogP contribution in [0.25, 0.3) is 0 Å². The minimum atomic E-state index is -1.16. The van der Waals surface area contributed by atoms with E-state index in [1.165, 1.54) is 24.3 Å². The maximum absolute atomic E-state index is 13.6. The standard InChI is InChI=1S/C14H9BrClFO3/c15-9-1-3-12(17)8(5-9)7-20-13-4-2-10(16)6-11(13)14(18)19/h1-6H,7H2,(H,18,19). The Hall–Kier alpha value is -1.59. The molecule has 2 aromatic rings. The average Bonchev–Trinajstić information content (AvgIpc) is 2.40. The van der Waals surface area contributed by atoms with Gasteiger partial charge >= 0.3 is 5.97 Å². The normalized spacial score (nSPS) is 10.3. The van der Waals surface area contributed by atoms with Gasteiger partial charge in [-0.15, -0.1) is 0 Å². The minimum Gasteiger partial charge on any atom is -0.488 e. The van der Waals surface area contributed by atoms with Gasteiger partial charge < -0.3 is 9.84 Å². The lowest BCUT2D eigenvalue weighted by molar-refractivity contribution is 0.0691. The van der Waals surface area contributed by atoms with E-state index in [9.17, 15) is 9.18 Å². The van der Waals surface area contributed by atoms with E-state index in [4.69, 9.17) is 21.4 Å². The third-order valence-corrected chi connectivity index (χ3v) is 3.29. The van der Waals surface area contributed by atoms with Gasteiger partial charge in [0.25, 0.3) is 0 Å². The number of hydrogen-bond acceptors (Lipinski definition) is 2. The summed E-state index contributed by atoms with van der Waals surface area (Å²) in [6, 6.07) is 8.71. The molecule has 2 rings (SSSR count). The quantitative estimate of drug-likeness (QED) is 0.873. The highest BCUT2D eigenvalue weighted by atomic mass is 79.9. The molecule has 0 amide bonds.